The van der Waals surface area contributed by atoms with Crippen LogP contribution >= 0.6 is 0 Å². The van der Waals surface area contributed by atoms with Crippen LogP contribution in [0.4, 0.5) is 5.82 Å². The molecule has 1 aromatic rings. The van der Waals surface area contributed by atoms with Gasteiger partial charge in [-0.25, -0.2) is 9.78 Å². The minimum Gasteiger partial charge on any atom is -0.478 e. The van der Waals surface area contributed by atoms with Crippen molar-refractivity contribution in [3.05, 3.63) is 23.4 Å². The standard InChI is InChI=1S/C17H24N2O2/c1-13-14(16(20)21)5-6-15(18-13)19-11-9-17(10-12-19)7-3-2-4-8-17/h5-6H,2-4,7-12H2,1H3,(H,20,21). The summed E-state index contributed by atoms with van der Waals surface area (Å²) in [6, 6.07) is 3.54. The fourth-order valence-corrected chi connectivity index (χ4v) is 3.96. The molecule has 3 rings (SSSR count). The van der Waals surface area contributed by atoms with Gasteiger partial charge in [-0.1, -0.05) is 19.3 Å². The van der Waals surface area contributed by atoms with E-state index < -0.39 is 5.97 Å². The predicted octanol–water partition coefficient (Wildman–Crippen LogP) is 3.64. The van der Waals surface area contributed by atoms with Crippen molar-refractivity contribution in [2.45, 2.75) is 51.9 Å². The largest absolute Gasteiger partial charge is 0.478 e. The smallest absolute Gasteiger partial charge is 0.337 e. The number of carbonyl (C=O) groups is 1. The van der Waals surface area contributed by atoms with Gasteiger partial charge >= 0.3 is 5.97 Å². The summed E-state index contributed by atoms with van der Waals surface area (Å²) in [5.74, 6) is 0.0366. The molecule has 1 spiro atoms. The van der Waals surface area contributed by atoms with Crippen molar-refractivity contribution in [3.63, 3.8) is 0 Å². The maximum Gasteiger partial charge on any atom is 0.337 e. The second-order valence-electron chi connectivity index (χ2n) is 6.66. The molecule has 114 valence electrons. The minimum atomic E-state index is -0.897. The molecular weight excluding hydrogens is 264 g/mol. The summed E-state index contributed by atoms with van der Waals surface area (Å²) in [5.41, 5.74) is 1.50. The van der Waals surface area contributed by atoms with E-state index in [0.717, 1.165) is 18.9 Å². The fraction of sp³-hybridized carbons (Fsp3) is 0.647. The maximum atomic E-state index is 11.1. The number of aryl methyl sites for hydroxylation is 1. The van der Waals surface area contributed by atoms with E-state index in [4.69, 9.17) is 5.11 Å². The first-order valence-electron chi connectivity index (χ1n) is 8.06. The summed E-state index contributed by atoms with van der Waals surface area (Å²) in [7, 11) is 0. The van der Waals surface area contributed by atoms with Crippen molar-refractivity contribution in [3.8, 4) is 0 Å². The summed E-state index contributed by atoms with van der Waals surface area (Å²) in [5, 5.41) is 9.08. The number of hydrogen-bond acceptors (Lipinski definition) is 3. The van der Waals surface area contributed by atoms with E-state index in [0.29, 0.717) is 16.7 Å². The Balaban J connectivity index is 1.69. The van der Waals surface area contributed by atoms with Crippen molar-refractivity contribution < 1.29 is 9.90 Å². The van der Waals surface area contributed by atoms with Crippen molar-refractivity contribution in [1.29, 1.82) is 0 Å². The summed E-state index contributed by atoms with van der Waals surface area (Å²) in [4.78, 5) is 17.9. The van der Waals surface area contributed by atoms with Gasteiger partial charge in [0.2, 0.25) is 0 Å². The quantitative estimate of drug-likeness (QED) is 0.902. The van der Waals surface area contributed by atoms with Gasteiger partial charge < -0.3 is 10.0 Å². The minimum absolute atomic E-state index is 0.305. The monoisotopic (exact) mass is 288 g/mol. The summed E-state index contributed by atoms with van der Waals surface area (Å²) < 4.78 is 0. The SMILES string of the molecule is Cc1nc(N2CCC3(CCCCC3)CC2)ccc1C(=O)O. The lowest BCUT2D eigenvalue weighted by Gasteiger charge is -2.44. The second kappa shape index (κ2) is 5.66. The van der Waals surface area contributed by atoms with E-state index in [1.807, 2.05) is 6.07 Å². The highest BCUT2D eigenvalue weighted by atomic mass is 16.4. The number of carboxylic acids is 1. The number of carboxylic acid groups (broad SMARTS) is 1. The summed E-state index contributed by atoms with van der Waals surface area (Å²) in [6.07, 6.45) is 9.50. The molecule has 1 aromatic heterocycles. The van der Waals surface area contributed by atoms with Crippen LogP contribution in [0.25, 0.3) is 0 Å². The zero-order valence-corrected chi connectivity index (χ0v) is 12.8. The van der Waals surface area contributed by atoms with Gasteiger partial charge in [0, 0.05) is 13.1 Å². The number of rotatable bonds is 2. The van der Waals surface area contributed by atoms with Crippen LogP contribution in [0.1, 0.15) is 61.0 Å². The normalized spacial score (nSPS) is 21.5. The molecule has 0 radical (unpaired) electrons. The Labute approximate surface area is 126 Å². The Bertz CT molecular complexity index is 526. The van der Waals surface area contributed by atoms with Gasteiger partial charge in [0.05, 0.1) is 11.3 Å². The highest BCUT2D eigenvalue weighted by Crippen LogP contribution is 2.44. The van der Waals surface area contributed by atoms with Crippen LogP contribution in [0.3, 0.4) is 0 Å². The van der Waals surface area contributed by atoms with E-state index in [2.05, 4.69) is 9.88 Å². The first-order chi connectivity index (χ1) is 10.1. The Hall–Kier alpha value is -1.58. The Morgan fingerprint density at radius 1 is 1.14 bits per heavy atom. The number of aromatic carboxylic acids is 1. The van der Waals surface area contributed by atoms with Crippen LogP contribution in [0.15, 0.2) is 12.1 Å². The van der Waals surface area contributed by atoms with Crippen LogP contribution in [-0.4, -0.2) is 29.1 Å². The number of hydrogen-bond donors (Lipinski definition) is 1. The number of piperidine rings is 1. The Morgan fingerprint density at radius 3 is 2.38 bits per heavy atom. The number of pyridine rings is 1. The van der Waals surface area contributed by atoms with Gasteiger partial charge in [0.25, 0.3) is 0 Å². The van der Waals surface area contributed by atoms with Crippen LogP contribution in [0.2, 0.25) is 0 Å². The van der Waals surface area contributed by atoms with E-state index in [1.165, 1.54) is 44.9 Å². The molecule has 1 N–H and O–H groups in total. The Morgan fingerprint density at radius 2 is 1.81 bits per heavy atom. The van der Waals surface area contributed by atoms with Crippen LogP contribution in [0, 0.1) is 12.3 Å². The molecule has 4 nitrogen and oxygen atoms in total. The van der Waals surface area contributed by atoms with Gasteiger partial charge in [0.1, 0.15) is 5.82 Å². The molecule has 21 heavy (non-hydrogen) atoms. The van der Waals surface area contributed by atoms with Crippen molar-refractivity contribution in [2.24, 2.45) is 5.41 Å². The van der Waals surface area contributed by atoms with Crippen molar-refractivity contribution >= 4 is 11.8 Å². The van der Waals surface area contributed by atoms with Crippen molar-refractivity contribution in [1.82, 2.24) is 4.98 Å². The van der Waals surface area contributed by atoms with Crippen LogP contribution < -0.4 is 4.90 Å². The molecule has 0 amide bonds. The average Bonchev–Trinajstić information content (AvgIpc) is 2.48. The molecule has 2 heterocycles. The van der Waals surface area contributed by atoms with E-state index in [-0.39, 0.29) is 0 Å². The lowest BCUT2D eigenvalue weighted by Crippen LogP contribution is -2.41. The van der Waals surface area contributed by atoms with Gasteiger partial charge in [0.15, 0.2) is 0 Å². The number of nitrogens with zero attached hydrogens (tertiary/aromatic N) is 2. The van der Waals surface area contributed by atoms with Gasteiger partial charge in [-0.3, -0.25) is 0 Å². The molecule has 1 aliphatic carbocycles. The first kappa shape index (κ1) is 14.4. The lowest BCUT2D eigenvalue weighted by molar-refractivity contribution is 0.0695. The average molecular weight is 288 g/mol. The number of aromatic nitrogens is 1. The molecule has 0 bridgehead atoms. The third-order valence-corrected chi connectivity index (χ3v) is 5.36. The second-order valence-corrected chi connectivity index (χ2v) is 6.66. The van der Waals surface area contributed by atoms with Gasteiger partial charge in [-0.05, 0) is 50.2 Å². The zero-order chi connectivity index (χ0) is 14.9. The summed E-state index contributed by atoms with van der Waals surface area (Å²) >= 11 is 0. The van der Waals surface area contributed by atoms with Gasteiger partial charge in [-0.15, -0.1) is 0 Å². The highest BCUT2D eigenvalue weighted by molar-refractivity contribution is 5.89. The lowest BCUT2D eigenvalue weighted by atomic mass is 9.68. The molecule has 2 aliphatic rings. The molecule has 0 unspecified atom stereocenters. The van der Waals surface area contributed by atoms with Crippen LogP contribution in [0.5, 0.6) is 0 Å². The fourth-order valence-electron chi connectivity index (χ4n) is 3.96. The third-order valence-electron chi connectivity index (χ3n) is 5.36. The number of anilines is 1. The zero-order valence-electron chi connectivity index (χ0n) is 12.8. The first-order valence-corrected chi connectivity index (χ1v) is 8.06. The molecule has 1 aliphatic heterocycles. The molecule has 0 aromatic carbocycles. The molecule has 1 saturated heterocycles. The summed E-state index contributed by atoms with van der Waals surface area (Å²) in [6.45, 7) is 3.89. The molecule has 4 heteroatoms. The van der Waals surface area contributed by atoms with E-state index in [1.54, 1.807) is 13.0 Å². The maximum absolute atomic E-state index is 11.1. The molecule has 0 atom stereocenters. The van der Waals surface area contributed by atoms with E-state index in [9.17, 15) is 4.79 Å². The van der Waals surface area contributed by atoms with E-state index >= 15 is 0 Å². The molecule has 2 fully saturated rings. The highest BCUT2D eigenvalue weighted by Gasteiger charge is 2.35. The third kappa shape index (κ3) is 2.89. The van der Waals surface area contributed by atoms with Crippen molar-refractivity contribution in [2.75, 3.05) is 18.0 Å². The van der Waals surface area contributed by atoms with Crippen LogP contribution in [-0.2, 0) is 0 Å². The topological polar surface area (TPSA) is 53.4 Å². The Kier molecular flexibility index (Phi) is 3.87. The molecular formula is C17H24N2O2. The molecule has 1 saturated carbocycles. The van der Waals surface area contributed by atoms with Gasteiger partial charge in [-0.2, -0.15) is 0 Å². The predicted molar refractivity (Wildman–Crippen MR) is 82.9 cm³/mol.